The van der Waals surface area contributed by atoms with Gasteiger partial charge < -0.3 is 19.3 Å². The van der Waals surface area contributed by atoms with Gasteiger partial charge in [0.15, 0.2) is 0 Å². The molecule has 3 aromatic heterocycles. The Morgan fingerprint density at radius 3 is 2.11 bits per heavy atom. The number of hydrogen-bond donors (Lipinski definition) is 0. The fraction of sp³-hybridized carbons (Fsp3) is 0.400. The van der Waals surface area contributed by atoms with Gasteiger partial charge in [0.2, 0.25) is 0 Å². The van der Waals surface area contributed by atoms with Crippen LogP contribution in [0, 0.1) is 0 Å². The van der Waals surface area contributed by atoms with Gasteiger partial charge in [0.1, 0.15) is 22.8 Å². The maximum absolute atomic E-state index is 6.33. The molecule has 0 radical (unpaired) electrons. The molecule has 2 saturated heterocycles. The standard InChI is InChI=1S/C35H38N6O2S/c1-35(2)21-26-27(22-43-35)32(41-17-19-42-20-18-41)38-34-28(26)29-31(44-34)33(37-23-36-29)40-15-13-39(14-16-40)30(24-9-5-3-6-10-24)25-11-7-4-8-12-25/h3-12,23,30H,13-22H2,1-2H3. The van der Waals surface area contributed by atoms with Crippen LogP contribution in [0.5, 0.6) is 0 Å². The molecule has 9 heteroatoms. The molecule has 8 rings (SSSR count). The highest BCUT2D eigenvalue weighted by atomic mass is 32.1. The number of hydrogen-bond acceptors (Lipinski definition) is 9. The van der Waals surface area contributed by atoms with Crippen molar-refractivity contribution in [3.63, 3.8) is 0 Å². The van der Waals surface area contributed by atoms with Crippen LogP contribution in [0.2, 0.25) is 0 Å². The Morgan fingerprint density at radius 2 is 1.43 bits per heavy atom. The summed E-state index contributed by atoms with van der Waals surface area (Å²) in [6, 6.07) is 22.0. The Bertz CT molecular complexity index is 1740. The maximum Gasteiger partial charge on any atom is 0.150 e. The number of rotatable bonds is 5. The zero-order valence-corrected chi connectivity index (χ0v) is 26.2. The molecule has 0 bridgehead atoms. The van der Waals surface area contributed by atoms with Crippen molar-refractivity contribution in [1.82, 2.24) is 19.9 Å². The Hall–Kier alpha value is -3.63. The van der Waals surface area contributed by atoms with Gasteiger partial charge in [0, 0.05) is 56.6 Å². The van der Waals surface area contributed by atoms with Gasteiger partial charge in [-0.05, 0) is 30.5 Å². The molecule has 3 aliphatic heterocycles. The molecule has 0 N–H and O–H groups in total. The minimum atomic E-state index is -0.238. The minimum absolute atomic E-state index is 0.231. The van der Waals surface area contributed by atoms with Crippen molar-refractivity contribution in [2.75, 3.05) is 62.3 Å². The summed E-state index contributed by atoms with van der Waals surface area (Å²) in [4.78, 5) is 23.6. The van der Waals surface area contributed by atoms with Crippen LogP contribution < -0.4 is 9.80 Å². The highest BCUT2D eigenvalue weighted by Crippen LogP contribution is 2.45. The largest absolute Gasteiger partial charge is 0.378 e. The van der Waals surface area contributed by atoms with E-state index in [1.54, 1.807) is 17.7 Å². The lowest BCUT2D eigenvalue weighted by Gasteiger charge is -2.40. The van der Waals surface area contributed by atoms with Gasteiger partial charge in [0.05, 0.1) is 41.7 Å². The van der Waals surface area contributed by atoms with E-state index in [-0.39, 0.29) is 11.6 Å². The summed E-state index contributed by atoms with van der Waals surface area (Å²) in [6.45, 7) is 11.8. The lowest BCUT2D eigenvalue weighted by molar-refractivity contribution is -0.0396. The molecule has 0 unspecified atom stereocenters. The lowest BCUT2D eigenvalue weighted by atomic mass is 9.90. The van der Waals surface area contributed by atoms with Gasteiger partial charge in [-0.2, -0.15) is 0 Å². The van der Waals surface area contributed by atoms with E-state index in [0.717, 1.165) is 85.6 Å². The van der Waals surface area contributed by atoms with Crippen LogP contribution in [-0.2, 0) is 22.5 Å². The Balaban J connectivity index is 1.15. The van der Waals surface area contributed by atoms with Crippen LogP contribution >= 0.6 is 11.3 Å². The number of fused-ring (bicyclic) bond motifs is 5. The molecular formula is C35H38N6O2S. The number of benzene rings is 2. The first-order valence-corrected chi connectivity index (χ1v) is 16.5. The number of thiophene rings is 1. The van der Waals surface area contributed by atoms with Crippen LogP contribution in [0.3, 0.4) is 0 Å². The zero-order valence-electron chi connectivity index (χ0n) is 25.4. The van der Waals surface area contributed by atoms with Gasteiger partial charge in [-0.25, -0.2) is 15.0 Å². The second-order valence-electron chi connectivity index (χ2n) is 12.6. The number of ether oxygens (including phenoxy) is 2. The van der Waals surface area contributed by atoms with Crippen molar-refractivity contribution in [2.45, 2.75) is 38.5 Å². The molecule has 5 aromatic rings. The highest BCUT2D eigenvalue weighted by molar-refractivity contribution is 7.26. The molecule has 8 nitrogen and oxygen atoms in total. The average Bonchev–Trinajstić information content (AvgIpc) is 3.45. The Labute approximate surface area is 262 Å². The molecule has 0 aliphatic carbocycles. The topological polar surface area (TPSA) is 66.9 Å². The quantitative estimate of drug-likeness (QED) is 0.247. The van der Waals surface area contributed by atoms with Crippen molar-refractivity contribution in [1.29, 1.82) is 0 Å². The summed E-state index contributed by atoms with van der Waals surface area (Å²) in [7, 11) is 0. The molecule has 0 saturated carbocycles. The normalized spacial score (nSPS) is 19.2. The van der Waals surface area contributed by atoms with Gasteiger partial charge in [-0.15, -0.1) is 11.3 Å². The fourth-order valence-corrected chi connectivity index (χ4v) is 8.29. The van der Waals surface area contributed by atoms with E-state index in [4.69, 9.17) is 24.4 Å². The van der Waals surface area contributed by atoms with Crippen LogP contribution in [0.25, 0.3) is 20.4 Å². The first kappa shape index (κ1) is 27.9. The van der Waals surface area contributed by atoms with Crippen LogP contribution in [-0.4, -0.2) is 77.9 Å². The average molecular weight is 607 g/mol. The summed E-state index contributed by atoms with van der Waals surface area (Å²) >= 11 is 1.74. The molecule has 0 amide bonds. The summed E-state index contributed by atoms with van der Waals surface area (Å²) in [5.41, 5.74) is 6.00. The first-order valence-electron chi connectivity index (χ1n) is 15.7. The van der Waals surface area contributed by atoms with Crippen molar-refractivity contribution < 1.29 is 9.47 Å². The fourth-order valence-electron chi connectivity index (χ4n) is 7.12. The van der Waals surface area contributed by atoms with E-state index in [2.05, 4.69) is 89.2 Å². The van der Waals surface area contributed by atoms with Crippen molar-refractivity contribution >= 4 is 43.4 Å². The van der Waals surface area contributed by atoms with Gasteiger partial charge in [0.25, 0.3) is 0 Å². The van der Waals surface area contributed by atoms with Crippen molar-refractivity contribution in [3.05, 3.63) is 89.2 Å². The first-order chi connectivity index (χ1) is 21.6. The summed E-state index contributed by atoms with van der Waals surface area (Å²) < 4.78 is 13.1. The van der Waals surface area contributed by atoms with Crippen LogP contribution in [0.4, 0.5) is 11.6 Å². The van der Waals surface area contributed by atoms with Gasteiger partial charge in [-0.3, -0.25) is 4.90 Å². The highest BCUT2D eigenvalue weighted by Gasteiger charge is 2.34. The molecule has 44 heavy (non-hydrogen) atoms. The van der Waals surface area contributed by atoms with Gasteiger partial charge in [-0.1, -0.05) is 60.7 Å². The zero-order chi connectivity index (χ0) is 29.7. The summed E-state index contributed by atoms with van der Waals surface area (Å²) in [6.07, 6.45) is 2.59. The maximum atomic E-state index is 6.33. The number of anilines is 2. The number of piperazine rings is 1. The molecule has 0 spiro atoms. The minimum Gasteiger partial charge on any atom is -0.378 e. The van der Waals surface area contributed by atoms with Gasteiger partial charge >= 0.3 is 0 Å². The molecule has 0 atom stereocenters. The van der Waals surface area contributed by atoms with Crippen molar-refractivity contribution in [3.8, 4) is 0 Å². The SMILES string of the molecule is CC1(C)Cc2c(c(N3CCOCC3)nc3sc4c(N5CCN(C(c6ccccc6)c6ccccc6)CC5)ncnc4c23)CO1. The van der Waals surface area contributed by atoms with E-state index < -0.39 is 0 Å². The Kier molecular flexibility index (Phi) is 7.21. The summed E-state index contributed by atoms with van der Waals surface area (Å²) in [5.74, 6) is 2.08. The number of aromatic nitrogens is 3. The second kappa shape index (κ2) is 11.4. The number of pyridine rings is 1. The second-order valence-corrected chi connectivity index (χ2v) is 13.6. The third-order valence-corrected chi connectivity index (χ3v) is 10.4. The lowest BCUT2D eigenvalue weighted by Crippen LogP contribution is -2.48. The Morgan fingerprint density at radius 1 is 0.773 bits per heavy atom. The van der Waals surface area contributed by atoms with Crippen LogP contribution in [0.1, 0.15) is 42.1 Å². The van der Waals surface area contributed by atoms with E-state index >= 15 is 0 Å². The van der Waals surface area contributed by atoms with E-state index in [1.165, 1.54) is 27.6 Å². The summed E-state index contributed by atoms with van der Waals surface area (Å²) in [5, 5.41) is 1.18. The number of morpholine rings is 1. The predicted octanol–water partition coefficient (Wildman–Crippen LogP) is 5.84. The van der Waals surface area contributed by atoms with Crippen molar-refractivity contribution in [2.24, 2.45) is 0 Å². The van der Waals surface area contributed by atoms with E-state index in [0.29, 0.717) is 6.61 Å². The van der Waals surface area contributed by atoms with E-state index in [1.807, 2.05) is 0 Å². The molecular weight excluding hydrogens is 568 g/mol. The molecule has 2 aromatic carbocycles. The predicted molar refractivity (Wildman–Crippen MR) is 177 cm³/mol. The molecule has 3 aliphatic rings. The molecule has 226 valence electrons. The smallest absolute Gasteiger partial charge is 0.150 e. The molecule has 6 heterocycles. The van der Waals surface area contributed by atoms with Crippen LogP contribution in [0.15, 0.2) is 67.0 Å². The monoisotopic (exact) mass is 606 g/mol. The van der Waals surface area contributed by atoms with E-state index in [9.17, 15) is 0 Å². The molecule has 2 fully saturated rings. The third-order valence-electron chi connectivity index (χ3n) is 9.31. The third kappa shape index (κ3) is 5.01. The number of nitrogens with zero attached hydrogens (tertiary/aromatic N) is 6.